The predicted octanol–water partition coefficient (Wildman–Crippen LogP) is 1.62. The summed E-state index contributed by atoms with van der Waals surface area (Å²) in [6.07, 6.45) is 5.45. The predicted molar refractivity (Wildman–Crippen MR) is 93.5 cm³/mol. The van der Waals surface area contributed by atoms with Gasteiger partial charge in [-0.15, -0.1) is 0 Å². The molecule has 4 N–H and O–H groups in total. The Hall–Kier alpha value is -2.83. The van der Waals surface area contributed by atoms with Crippen LogP contribution < -0.4 is 16.2 Å². The maximum atomic E-state index is 12.2. The number of H-pyrrole nitrogens is 1. The van der Waals surface area contributed by atoms with E-state index < -0.39 is 17.9 Å². The second kappa shape index (κ2) is 7.38. The number of hydrazine groups is 1. The van der Waals surface area contributed by atoms with E-state index >= 15 is 0 Å². The molecular weight excluding hydrogens is 320 g/mol. The average molecular weight is 342 g/mol. The molecule has 0 saturated heterocycles. The van der Waals surface area contributed by atoms with Gasteiger partial charge in [-0.25, -0.2) is 0 Å². The Labute approximate surface area is 145 Å². The van der Waals surface area contributed by atoms with Gasteiger partial charge in [-0.1, -0.05) is 31.0 Å². The number of para-hydroxylation sites is 1. The van der Waals surface area contributed by atoms with Gasteiger partial charge >= 0.3 is 0 Å². The van der Waals surface area contributed by atoms with Crippen LogP contribution in [0.15, 0.2) is 30.5 Å². The van der Waals surface area contributed by atoms with E-state index in [1.165, 1.54) is 0 Å². The maximum absolute atomic E-state index is 12.2. The number of hydrogen-bond donors (Lipinski definition) is 4. The molecule has 7 nitrogen and oxygen atoms in total. The van der Waals surface area contributed by atoms with Crippen molar-refractivity contribution in [2.24, 2.45) is 5.92 Å². The van der Waals surface area contributed by atoms with Crippen molar-refractivity contribution in [1.82, 2.24) is 21.2 Å². The largest absolute Gasteiger partial charge is 0.360 e. The van der Waals surface area contributed by atoms with E-state index in [1.807, 2.05) is 24.3 Å². The van der Waals surface area contributed by atoms with Crippen molar-refractivity contribution < 1.29 is 14.4 Å². The summed E-state index contributed by atoms with van der Waals surface area (Å²) in [6, 6.07) is 6.69. The molecule has 1 aromatic carbocycles. The summed E-state index contributed by atoms with van der Waals surface area (Å²) < 4.78 is 0. The van der Waals surface area contributed by atoms with Gasteiger partial charge in [0.25, 0.3) is 11.8 Å². The van der Waals surface area contributed by atoms with Crippen molar-refractivity contribution in [1.29, 1.82) is 0 Å². The van der Waals surface area contributed by atoms with Crippen LogP contribution in [0.2, 0.25) is 0 Å². The highest BCUT2D eigenvalue weighted by Gasteiger charge is 2.25. The SMILES string of the molecule is C[C@@H](NC(=O)C1CCCC1)C(=O)NNC(=O)c1c[nH]c2ccccc12. The molecule has 0 spiro atoms. The van der Waals surface area contributed by atoms with E-state index in [9.17, 15) is 14.4 Å². The number of benzene rings is 1. The van der Waals surface area contributed by atoms with Gasteiger partial charge in [0.15, 0.2) is 0 Å². The number of amides is 3. The van der Waals surface area contributed by atoms with E-state index in [1.54, 1.807) is 13.1 Å². The van der Waals surface area contributed by atoms with Crippen LogP contribution in [0.3, 0.4) is 0 Å². The molecule has 0 unspecified atom stereocenters. The zero-order chi connectivity index (χ0) is 17.8. The zero-order valence-corrected chi connectivity index (χ0v) is 14.1. The number of aromatic nitrogens is 1. The van der Waals surface area contributed by atoms with Crippen molar-refractivity contribution in [2.75, 3.05) is 0 Å². The summed E-state index contributed by atoms with van der Waals surface area (Å²) in [6.45, 7) is 1.60. The fourth-order valence-electron chi connectivity index (χ4n) is 3.14. The van der Waals surface area contributed by atoms with Crippen LogP contribution >= 0.6 is 0 Å². The summed E-state index contributed by atoms with van der Waals surface area (Å²) in [7, 11) is 0. The monoisotopic (exact) mass is 342 g/mol. The molecule has 1 aliphatic carbocycles. The summed E-state index contributed by atoms with van der Waals surface area (Å²) in [4.78, 5) is 39.4. The number of aromatic amines is 1. The molecule has 1 atom stereocenters. The Morgan fingerprint density at radius 1 is 1.12 bits per heavy atom. The van der Waals surface area contributed by atoms with Crippen LogP contribution in [-0.2, 0) is 9.59 Å². The molecule has 0 bridgehead atoms. The first-order chi connectivity index (χ1) is 12.1. The van der Waals surface area contributed by atoms with E-state index in [0.29, 0.717) is 5.56 Å². The van der Waals surface area contributed by atoms with E-state index in [0.717, 1.165) is 36.6 Å². The molecule has 0 radical (unpaired) electrons. The molecule has 25 heavy (non-hydrogen) atoms. The standard InChI is InChI=1S/C18H22N4O3/c1-11(20-17(24)12-6-2-3-7-12)16(23)21-22-18(25)14-10-19-15-9-5-4-8-13(14)15/h4-5,8-12,19H,2-3,6-7H2,1H3,(H,20,24)(H,21,23)(H,22,25)/t11-/m1/s1. The number of carbonyl (C=O) groups excluding carboxylic acids is 3. The fourth-order valence-corrected chi connectivity index (χ4v) is 3.14. The molecule has 1 aromatic heterocycles. The maximum Gasteiger partial charge on any atom is 0.271 e. The van der Waals surface area contributed by atoms with Crippen molar-refractivity contribution in [3.8, 4) is 0 Å². The smallest absolute Gasteiger partial charge is 0.271 e. The summed E-state index contributed by atoms with van der Waals surface area (Å²) >= 11 is 0. The van der Waals surface area contributed by atoms with Gasteiger partial charge in [0.05, 0.1) is 5.56 Å². The first-order valence-electron chi connectivity index (χ1n) is 8.53. The highest BCUT2D eigenvalue weighted by atomic mass is 16.2. The van der Waals surface area contributed by atoms with Crippen molar-refractivity contribution in [3.05, 3.63) is 36.0 Å². The van der Waals surface area contributed by atoms with Gasteiger partial charge in [-0.05, 0) is 25.8 Å². The molecule has 1 aliphatic rings. The third-order valence-corrected chi connectivity index (χ3v) is 4.61. The first kappa shape index (κ1) is 17.0. The first-order valence-corrected chi connectivity index (χ1v) is 8.53. The summed E-state index contributed by atoms with van der Waals surface area (Å²) in [5, 5.41) is 3.48. The Kier molecular flexibility index (Phi) is 5.02. The molecule has 3 amide bonds. The van der Waals surface area contributed by atoms with E-state index in [4.69, 9.17) is 0 Å². The lowest BCUT2D eigenvalue weighted by Gasteiger charge is -2.17. The summed E-state index contributed by atoms with van der Waals surface area (Å²) in [5.41, 5.74) is 6.04. The van der Waals surface area contributed by atoms with E-state index in [2.05, 4.69) is 21.2 Å². The highest BCUT2D eigenvalue weighted by molar-refractivity contribution is 6.07. The van der Waals surface area contributed by atoms with Crippen LogP contribution in [0.5, 0.6) is 0 Å². The lowest BCUT2D eigenvalue weighted by atomic mass is 10.1. The van der Waals surface area contributed by atoms with E-state index in [-0.39, 0.29) is 11.8 Å². The number of rotatable bonds is 4. The topological polar surface area (TPSA) is 103 Å². The molecule has 0 aliphatic heterocycles. The van der Waals surface area contributed by atoms with Crippen molar-refractivity contribution in [3.63, 3.8) is 0 Å². The second-order valence-corrected chi connectivity index (χ2v) is 6.40. The second-order valence-electron chi connectivity index (χ2n) is 6.40. The third-order valence-electron chi connectivity index (χ3n) is 4.61. The lowest BCUT2D eigenvalue weighted by Crippen LogP contribution is -2.51. The molecule has 132 valence electrons. The Balaban J connectivity index is 1.52. The minimum Gasteiger partial charge on any atom is -0.360 e. The minimum absolute atomic E-state index is 0.00365. The lowest BCUT2D eigenvalue weighted by molar-refractivity contribution is -0.131. The zero-order valence-electron chi connectivity index (χ0n) is 14.1. The Morgan fingerprint density at radius 2 is 1.84 bits per heavy atom. The van der Waals surface area contributed by atoms with Gasteiger partial charge in [-0.2, -0.15) is 0 Å². The Morgan fingerprint density at radius 3 is 2.60 bits per heavy atom. The summed E-state index contributed by atoms with van der Waals surface area (Å²) in [5.74, 6) is -0.973. The van der Waals surface area contributed by atoms with Crippen LogP contribution in [0, 0.1) is 5.92 Å². The third kappa shape index (κ3) is 3.81. The van der Waals surface area contributed by atoms with Gasteiger partial charge in [0.1, 0.15) is 6.04 Å². The van der Waals surface area contributed by atoms with Crippen LogP contribution in [0.4, 0.5) is 0 Å². The number of hydrogen-bond acceptors (Lipinski definition) is 3. The minimum atomic E-state index is -0.712. The molecule has 1 saturated carbocycles. The molecule has 7 heteroatoms. The molecule has 2 aromatic rings. The quantitative estimate of drug-likeness (QED) is 0.635. The van der Waals surface area contributed by atoms with Crippen LogP contribution in [0.25, 0.3) is 10.9 Å². The van der Waals surface area contributed by atoms with Gasteiger partial charge in [0, 0.05) is 23.0 Å². The number of carbonyl (C=O) groups is 3. The number of fused-ring (bicyclic) bond motifs is 1. The van der Waals surface area contributed by atoms with Gasteiger partial charge < -0.3 is 10.3 Å². The molecule has 3 rings (SSSR count). The average Bonchev–Trinajstić information content (AvgIpc) is 3.28. The fraction of sp³-hybridized carbons (Fsp3) is 0.389. The van der Waals surface area contributed by atoms with Gasteiger partial charge in [0.2, 0.25) is 5.91 Å². The molecule has 1 fully saturated rings. The van der Waals surface area contributed by atoms with Gasteiger partial charge in [-0.3, -0.25) is 25.2 Å². The van der Waals surface area contributed by atoms with Crippen LogP contribution in [0.1, 0.15) is 43.0 Å². The highest BCUT2D eigenvalue weighted by Crippen LogP contribution is 2.24. The van der Waals surface area contributed by atoms with Crippen molar-refractivity contribution in [2.45, 2.75) is 38.6 Å². The Bertz CT molecular complexity index is 792. The molecule has 1 heterocycles. The number of nitrogens with one attached hydrogen (secondary N) is 4. The molecular formula is C18H22N4O3. The normalized spacial score (nSPS) is 15.7. The van der Waals surface area contributed by atoms with Crippen molar-refractivity contribution >= 4 is 28.6 Å². The van der Waals surface area contributed by atoms with Crippen LogP contribution in [-0.4, -0.2) is 28.7 Å².